The Hall–Kier alpha value is -2.60. The summed E-state index contributed by atoms with van der Waals surface area (Å²) in [6.07, 6.45) is 1.08. The molecule has 1 fully saturated rings. The van der Waals surface area contributed by atoms with Crippen LogP contribution in [0.25, 0.3) is 0 Å². The fraction of sp³-hybridized carbons (Fsp3) is 0.435. The van der Waals surface area contributed by atoms with Gasteiger partial charge in [-0.2, -0.15) is 0 Å². The van der Waals surface area contributed by atoms with Crippen LogP contribution in [-0.2, 0) is 17.9 Å². The van der Waals surface area contributed by atoms with Crippen LogP contribution in [0.1, 0.15) is 24.5 Å². The molecule has 1 saturated heterocycles. The molecule has 156 valence electrons. The number of ether oxygens (including phenoxy) is 2. The molecule has 3 rings (SSSR count). The second kappa shape index (κ2) is 10.8. The van der Waals surface area contributed by atoms with Gasteiger partial charge in [0.25, 0.3) is 0 Å². The van der Waals surface area contributed by atoms with Crippen molar-refractivity contribution in [2.75, 3.05) is 33.4 Å². The zero-order valence-electron chi connectivity index (χ0n) is 17.2. The van der Waals surface area contributed by atoms with E-state index in [1.54, 1.807) is 6.07 Å². The van der Waals surface area contributed by atoms with E-state index in [0.29, 0.717) is 19.1 Å². The zero-order chi connectivity index (χ0) is 20.5. The number of nitrogens with zero attached hydrogens (tertiary/aromatic N) is 2. The van der Waals surface area contributed by atoms with Gasteiger partial charge in [0.1, 0.15) is 0 Å². The molecule has 2 aromatic carbocycles. The summed E-state index contributed by atoms with van der Waals surface area (Å²) in [4.78, 5) is 6.97. The smallest absolute Gasteiger partial charge is 0.194 e. The van der Waals surface area contributed by atoms with Crippen molar-refractivity contribution in [1.82, 2.24) is 10.2 Å². The third-order valence-corrected chi connectivity index (χ3v) is 5.01. The Kier molecular flexibility index (Phi) is 7.87. The Morgan fingerprint density at radius 3 is 2.76 bits per heavy atom. The van der Waals surface area contributed by atoms with Gasteiger partial charge in [-0.15, -0.1) is 0 Å². The van der Waals surface area contributed by atoms with Gasteiger partial charge in [-0.25, -0.2) is 9.38 Å². The molecular formula is C23H30FN3O2. The van der Waals surface area contributed by atoms with E-state index in [4.69, 9.17) is 14.5 Å². The van der Waals surface area contributed by atoms with Crippen LogP contribution in [0.4, 0.5) is 4.39 Å². The molecular weight excluding hydrogens is 369 g/mol. The third-order valence-electron chi connectivity index (χ3n) is 5.01. The Labute approximate surface area is 172 Å². The summed E-state index contributed by atoms with van der Waals surface area (Å²) in [5.41, 5.74) is 2.02. The maximum absolute atomic E-state index is 13.9. The average molecular weight is 400 g/mol. The van der Waals surface area contributed by atoms with E-state index in [9.17, 15) is 4.39 Å². The molecule has 1 atom stereocenters. The number of guanidine groups is 1. The lowest BCUT2D eigenvalue weighted by atomic mass is 10.1. The molecule has 6 heteroatoms. The first-order valence-corrected chi connectivity index (χ1v) is 10.2. The van der Waals surface area contributed by atoms with Crippen molar-refractivity contribution in [3.63, 3.8) is 0 Å². The highest BCUT2D eigenvalue weighted by atomic mass is 19.1. The molecule has 1 heterocycles. The maximum Gasteiger partial charge on any atom is 0.194 e. The lowest BCUT2D eigenvalue weighted by Crippen LogP contribution is -2.40. The summed E-state index contributed by atoms with van der Waals surface area (Å²) < 4.78 is 24.8. The van der Waals surface area contributed by atoms with Gasteiger partial charge in [-0.05, 0) is 36.6 Å². The predicted octanol–water partition coefficient (Wildman–Crippen LogP) is 3.84. The summed E-state index contributed by atoms with van der Waals surface area (Å²) in [6.45, 7) is 6.53. The first-order chi connectivity index (χ1) is 14.2. The lowest BCUT2D eigenvalue weighted by Gasteiger charge is -2.21. The van der Waals surface area contributed by atoms with Gasteiger partial charge in [0.2, 0.25) is 0 Å². The van der Waals surface area contributed by atoms with Crippen LogP contribution in [0, 0.1) is 11.7 Å². The second-order valence-electron chi connectivity index (χ2n) is 7.24. The van der Waals surface area contributed by atoms with Crippen LogP contribution < -0.4 is 10.1 Å². The second-order valence-corrected chi connectivity index (χ2v) is 7.24. The molecule has 0 aromatic heterocycles. The Bertz CT molecular complexity index is 798. The molecule has 0 aliphatic carbocycles. The number of likely N-dealkylation sites (tertiary alicyclic amines) is 1. The van der Waals surface area contributed by atoms with Crippen molar-refractivity contribution in [3.8, 4) is 5.75 Å². The summed E-state index contributed by atoms with van der Waals surface area (Å²) in [5.74, 6) is 1.25. The van der Waals surface area contributed by atoms with Gasteiger partial charge in [0, 0.05) is 25.6 Å². The fourth-order valence-electron chi connectivity index (χ4n) is 3.48. The lowest BCUT2D eigenvalue weighted by molar-refractivity contribution is 0.0906. The van der Waals surface area contributed by atoms with Gasteiger partial charge in [-0.3, -0.25) is 0 Å². The number of benzene rings is 2. The predicted molar refractivity (Wildman–Crippen MR) is 114 cm³/mol. The molecule has 0 amide bonds. The fourth-order valence-corrected chi connectivity index (χ4v) is 3.48. The van der Waals surface area contributed by atoms with E-state index in [2.05, 4.69) is 29.3 Å². The number of nitrogens with one attached hydrogen (secondary N) is 1. The number of halogens is 1. The highest BCUT2D eigenvalue weighted by Gasteiger charge is 2.25. The standard InChI is InChI=1S/C23H30FN3O2/c1-3-25-23(26-14-19-9-10-22(28-2)21(24)13-19)27-12-11-20(15-27)17-29-16-18-7-5-4-6-8-18/h4-10,13,20H,3,11-12,14-17H2,1-2H3,(H,25,26). The van der Waals surface area contributed by atoms with Crippen molar-refractivity contribution in [2.45, 2.75) is 26.5 Å². The summed E-state index contributed by atoms with van der Waals surface area (Å²) in [5, 5.41) is 3.35. The van der Waals surface area contributed by atoms with Crippen LogP contribution in [0.2, 0.25) is 0 Å². The molecule has 5 nitrogen and oxygen atoms in total. The minimum atomic E-state index is -0.359. The van der Waals surface area contributed by atoms with Crippen molar-refractivity contribution in [3.05, 3.63) is 65.5 Å². The highest BCUT2D eigenvalue weighted by molar-refractivity contribution is 5.80. The van der Waals surface area contributed by atoms with Crippen LogP contribution >= 0.6 is 0 Å². The van der Waals surface area contributed by atoms with E-state index in [1.807, 2.05) is 24.3 Å². The van der Waals surface area contributed by atoms with Gasteiger partial charge >= 0.3 is 0 Å². The molecule has 29 heavy (non-hydrogen) atoms. The minimum Gasteiger partial charge on any atom is -0.494 e. The first-order valence-electron chi connectivity index (χ1n) is 10.2. The SMILES string of the molecule is CCNC(=NCc1ccc(OC)c(F)c1)N1CCC(COCc2ccccc2)C1. The van der Waals surface area contributed by atoms with E-state index in [1.165, 1.54) is 18.7 Å². The largest absolute Gasteiger partial charge is 0.494 e. The molecule has 0 bridgehead atoms. The summed E-state index contributed by atoms with van der Waals surface area (Å²) in [7, 11) is 1.47. The van der Waals surface area contributed by atoms with E-state index in [0.717, 1.165) is 44.2 Å². The molecule has 0 radical (unpaired) electrons. The number of hydrogen-bond acceptors (Lipinski definition) is 3. The maximum atomic E-state index is 13.9. The molecule has 2 aromatic rings. The highest BCUT2D eigenvalue weighted by Crippen LogP contribution is 2.20. The molecule has 1 aliphatic rings. The molecule has 1 unspecified atom stereocenters. The quantitative estimate of drug-likeness (QED) is 0.541. The zero-order valence-corrected chi connectivity index (χ0v) is 17.2. The Balaban J connectivity index is 1.52. The van der Waals surface area contributed by atoms with Crippen LogP contribution in [-0.4, -0.2) is 44.2 Å². The summed E-state index contributed by atoms with van der Waals surface area (Å²) in [6, 6.07) is 15.2. The van der Waals surface area contributed by atoms with Crippen molar-refractivity contribution in [2.24, 2.45) is 10.9 Å². The summed E-state index contributed by atoms with van der Waals surface area (Å²) >= 11 is 0. The number of aliphatic imine (C=N–C) groups is 1. The van der Waals surface area contributed by atoms with Gasteiger partial charge in [0.05, 0.1) is 26.9 Å². The molecule has 1 N–H and O–H groups in total. The van der Waals surface area contributed by atoms with E-state index < -0.39 is 0 Å². The Morgan fingerprint density at radius 2 is 2.03 bits per heavy atom. The van der Waals surface area contributed by atoms with Crippen LogP contribution in [0.5, 0.6) is 5.75 Å². The average Bonchev–Trinajstić information content (AvgIpc) is 3.21. The topological polar surface area (TPSA) is 46.1 Å². The number of methoxy groups -OCH3 is 1. The van der Waals surface area contributed by atoms with E-state index >= 15 is 0 Å². The normalized spacial score (nSPS) is 16.9. The van der Waals surface area contributed by atoms with E-state index in [-0.39, 0.29) is 11.6 Å². The van der Waals surface area contributed by atoms with Crippen molar-refractivity contribution >= 4 is 5.96 Å². The molecule has 1 aliphatic heterocycles. The van der Waals surface area contributed by atoms with Crippen molar-refractivity contribution in [1.29, 1.82) is 0 Å². The minimum absolute atomic E-state index is 0.252. The van der Waals surface area contributed by atoms with Gasteiger partial charge in [0.15, 0.2) is 17.5 Å². The number of rotatable bonds is 8. The number of hydrogen-bond donors (Lipinski definition) is 1. The first kappa shape index (κ1) is 21.1. The monoisotopic (exact) mass is 399 g/mol. The van der Waals surface area contributed by atoms with Crippen LogP contribution in [0.3, 0.4) is 0 Å². The molecule has 0 saturated carbocycles. The van der Waals surface area contributed by atoms with Gasteiger partial charge < -0.3 is 19.7 Å². The molecule has 0 spiro atoms. The third kappa shape index (κ3) is 6.19. The van der Waals surface area contributed by atoms with Gasteiger partial charge in [-0.1, -0.05) is 36.4 Å². The van der Waals surface area contributed by atoms with Crippen LogP contribution in [0.15, 0.2) is 53.5 Å². The van der Waals surface area contributed by atoms with Crippen molar-refractivity contribution < 1.29 is 13.9 Å². The Morgan fingerprint density at radius 1 is 1.21 bits per heavy atom.